The number of carboxylic acids is 1. The Balaban J connectivity index is 1.88. The van der Waals surface area contributed by atoms with Crippen LogP contribution in [0.5, 0.6) is 0 Å². The fourth-order valence-corrected chi connectivity index (χ4v) is 5.33. The molecular formula is C19H26N2O5S. The number of nitrogens with zero attached hydrogens (tertiary/aromatic N) is 1. The van der Waals surface area contributed by atoms with Crippen LogP contribution >= 0.6 is 0 Å². The van der Waals surface area contributed by atoms with Gasteiger partial charge in [0, 0.05) is 18.7 Å². The molecule has 2 aliphatic rings. The Morgan fingerprint density at radius 3 is 2.37 bits per heavy atom. The second kappa shape index (κ2) is 7.24. The summed E-state index contributed by atoms with van der Waals surface area (Å²) in [7, 11) is -3.68. The molecular weight excluding hydrogens is 368 g/mol. The van der Waals surface area contributed by atoms with Crippen molar-refractivity contribution in [1.29, 1.82) is 0 Å². The number of hydrogen-bond donors (Lipinski definition) is 2. The van der Waals surface area contributed by atoms with Crippen LogP contribution in [-0.2, 0) is 14.8 Å². The van der Waals surface area contributed by atoms with Crippen LogP contribution in [0.4, 0.5) is 0 Å². The Kier molecular flexibility index (Phi) is 5.31. The fourth-order valence-electron chi connectivity index (χ4n) is 3.56. The molecule has 1 aromatic rings. The molecule has 1 aliphatic carbocycles. The zero-order valence-electron chi connectivity index (χ0n) is 15.7. The van der Waals surface area contributed by atoms with Crippen molar-refractivity contribution in [3.8, 4) is 0 Å². The average Bonchev–Trinajstić information content (AvgIpc) is 3.48. The van der Waals surface area contributed by atoms with Crippen LogP contribution < -0.4 is 5.32 Å². The SMILES string of the molecule is Cc1ccc(C(=O)N[C@@](C)(C(=O)O)C2CC2)cc1S(=O)(=O)N1CCCCC1. The van der Waals surface area contributed by atoms with Crippen LogP contribution in [0, 0.1) is 12.8 Å². The number of carboxylic acid groups (broad SMARTS) is 1. The van der Waals surface area contributed by atoms with Gasteiger partial charge >= 0.3 is 5.97 Å². The molecule has 148 valence electrons. The van der Waals surface area contributed by atoms with Gasteiger partial charge in [-0.15, -0.1) is 0 Å². The molecule has 2 N–H and O–H groups in total. The molecule has 7 nitrogen and oxygen atoms in total. The van der Waals surface area contributed by atoms with Crippen molar-refractivity contribution in [3.05, 3.63) is 29.3 Å². The average molecular weight is 394 g/mol. The summed E-state index contributed by atoms with van der Waals surface area (Å²) in [5.74, 6) is -1.74. The summed E-state index contributed by atoms with van der Waals surface area (Å²) in [5.41, 5.74) is -0.613. The molecule has 3 rings (SSSR count). The Labute approximate surface area is 159 Å². The van der Waals surface area contributed by atoms with Gasteiger partial charge in [0.1, 0.15) is 5.54 Å². The van der Waals surface area contributed by atoms with E-state index in [-0.39, 0.29) is 16.4 Å². The van der Waals surface area contributed by atoms with Gasteiger partial charge in [-0.25, -0.2) is 13.2 Å². The van der Waals surface area contributed by atoms with Gasteiger partial charge in [0.15, 0.2) is 0 Å². The first kappa shape index (κ1) is 19.8. The quantitative estimate of drug-likeness (QED) is 0.769. The maximum absolute atomic E-state index is 13.0. The number of carbonyl (C=O) groups is 2. The summed E-state index contributed by atoms with van der Waals surface area (Å²) in [6.45, 7) is 4.17. The fraction of sp³-hybridized carbons (Fsp3) is 0.579. The maximum Gasteiger partial charge on any atom is 0.329 e. The molecule has 2 fully saturated rings. The number of piperidine rings is 1. The van der Waals surface area contributed by atoms with Gasteiger partial charge in [-0.3, -0.25) is 4.79 Å². The lowest BCUT2D eigenvalue weighted by Gasteiger charge is -2.27. The summed E-state index contributed by atoms with van der Waals surface area (Å²) in [6, 6.07) is 4.50. The van der Waals surface area contributed by atoms with Gasteiger partial charge in [0.25, 0.3) is 5.91 Å². The third-order valence-corrected chi connectivity index (χ3v) is 7.64. The topological polar surface area (TPSA) is 104 Å². The first-order valence-electron chi connectivity index (χ1n) is 9.33. The number of sulfonamides is 1. The van der Waals surface area contributed by atoms with E-state index in [1.54, 1.807) is 13.0 Å². The molecule has 8 heteroatoms. The number of aliphatic carboxylic acids is 1. The predicted molar refractivity (Wildman–Crippen MR) is 100 cm³/mol. The van der Waals surface area contributed by atoms with E-state index in [4.69, 9.17) is 0 Å². The normalized spacial score (nSPS) is 20.7. The number of aryl methyl sites for hydroxylation is 1. The van der Waals surface area contributed by atoms with E-state index < -0.39 is 27.4 Å². The molecule has 1 heterocycles. The standard InChI is InChI=1S/C19H26N2O5S/c1-13-6-7-14(17(22)20-19(2,18(23)24)15-8-9-15)12-16(13)27(25,26)21-10-4-3-5-11-21/h6-7,12,15H,3-5,8-11H2,1-2H3,(H,20,22)(H,23,24)/t19-/m1/s1. The van der Waals surface area contributed by atoms with E-state index in [1.165, 1.54) is 23.4 Å². The molecule has 1 amide bonds. The van der Waals surface area contributed by atoms with Gasteiger partial charge in [0.2, 0.25) is 10.0 Å². The highest BCUT2D eigenvalue weighted by atomic mass is 32.2. The minimum Gasteiger partial charge on any atom is -0.480 e. The van der Waals surface area contributed by atoms with Crippen LogP contribution in [-0.4, -0.2) is 48.3 Å². The van der Waals surface area contributed by atoms with E-state index in [2.05, 4.69) is 5.32 Å². The summed E-state index contributed by atoms with van der Waals surface area (Å²) in [4.78, 5) is 24.4. The van der Waals surface area contributed by atoms with Gasteiger partial charge in [0.05, 0.1) is 4.90 Å². The van der Waals surface area contributed by atoms with Crippen molar-refractivity contribution >= 4 is 21.9 Å². The van der Waals surface area contributed by atoms with Crippen LogP contribution in [0.2, 0.25) is 0 Å². The van der Waals surface area contributed by atoms with Crippen LogP contribution in [0.15, 0.2) is 23.1 Å². The highest BCUT2D eigenvalue weighted by Gasteiger charge is 2.48. The molecule has 1 saturated carbocycles. The van der Waals surface area contributed by atoms with E-state index in [9.17, 15) is 23.1 Å². The molecule has 0 radical (unpaired) electrons. The molecule has 1 saturated heterocycles. The first-order valence-corrected chi connectivity index (χ1v) is 10.8. The second-order valence-electron chi connectivity index (χ2n) is 7.68. The lowest BCUT2D eigenvalue weighted by atomic mass is 9.95. The highest BCUT2D eigenvalue weighted by molar-refractivity contribution is 7.89. The summed E-state index contributed by atoms with van der Waals surface area (Å²) in [5, 5.41) is 12.1. The largest absolute Gasteiger partial charge is 0.480 e. The van der Waals surface area contributed by atoms with Gasteiger partial charge < -0.3 is 10.4 Å². The maximum atomic E-state index is 13.0. The third kappa shape index (κ3) is 3.87. The number of amides is 1. The lowest BCUT2D eigenvalue weighted by molar-refractivity contribution is -0.144. The third-order valence-electron chi connectivity index (χ3n) is 5.59. The van der Waals surface area contributed by atoms with Crippen molar-refractivity contribution in [2.45, 2.75) is 56.4 Å². The molecule has 1 aliphatic heterocycles. The first-order chi connectivity index (χ1) is 12.7. The monoisotopic (exact) mass is 394 g/mol. The number of nitrogens with one attached hydrogen (secondary N) is 1. The number of rotatable bonds is 6. The van der Waals surface area contributed by atoms with Crippen molar-refractivity contribution in [2.24, 2.45) is 5.92 Å². The lowest BCUT2D eigenvalue weighted by Crippen LogP contribution is -2.54. The van der Waals surface area contributed by atoms with Crippen molar-refractivity contribution in [2.75, 3.05) is 13.1 Å². The minimum atomic E-state index is -3.68. The molecule has 0 aromatic heterocycles. The zero-order chi connectivity index (χ0) is 19.8. The smallest absolute Gasteiger partial charge is 0.329 e. The molecule has 1 atom stereocenters. The second-order valence-corrected chi connectivity index (χ2v) is 9.59. The molecule has 27 heavy (non-hydrogen) atoms. The van der Waals surface area contributed by atoms with E-state index >= 15 is 0 Å². The number of hydrogen-bond acceptors (Lipinski definition) is 4. The van der Waals surface area contributed by atoms with Gasteiger partial charge in [-0.2, -0.15) is 4.31 Å². The summed E-state index contributed by atoms with van der Waals surface area (Å²) < 4.78 is 27.5. The summed E-state index contributed by atoms with van der Waals surface area (Å²) >= 11 is 0. The van der Waals surface area contributed by atoms with Crippen molar-refractivity contribution in [1.82, 2.24) is 9.62 Å². The Bertz CT molecular complexity index is 857. The summed E-state index contributed by atoms with van der Waals surface area (Å²) in [6.07, 6.45) is 4.19. The Hall–Kier alpha value is -1.93. The van der Waals surface area contributed by atoms with Crippen molar-refractivity contribution in [3.63, 3.8) is 0 Å². The molecule has 1 aromatic carbocycles. The van der Waals surface area contributed by atoms with Crippen LogP contribution in [0.25, 0.3) is 0 Å². The molecule has 0 unspecified atom stereocenters. The van der Waals surface area contributed by atoms with Gasteiger partial charge in [-0.05, 0) is 63.1 Å². The molecule has 0 bridgehead atoms. The Morgan fingerprint density at radius 1 is 1.19 bits per heavy atom. The molecule has 0 spiro atoms. The minimum absolute atomic E-state index is 0.0963. The van der Waals surface area contributed by atoms with Gasteiger partial charge in [-0.1, -0.05) is 12.5 Å². The highest BCUT2D eigenvalue weighted by Crippen LogP contribution is 2.40. The van der Waals surface area contributed by atoms with E-state index in [0.717, 1.165) is 32.1 Å². The Morgan fingerprint density at radius 2 is 1.81 bits per heavy atom. The van der Waals surface area contributed by atoms with Crippen molar-refractivity contribution < 1.29 is 23.1 Å². The zero-order valence-corrected chi connectivity index (χ0v) is 16.5. The van der Waals surface area contributed by atoms with Crippen LogP contribution in [0.3, 0.4) is 0 Å². The van der Waals surface area contributed by atoms with Crippen LogP contribution in [0.1, 0.15) is 54.9 Å². The van der Waals surface area contributed by atoms with E-state index in [0.29, 0.717) is 18.7 Å². The predicted octanol–water partition coefficient (Wildman–Crippen LogP) is 2.15. The number of carbonyl (C=O) groups excluding carboxylic acids is 1. The van der Waals surface area contributed by atoms with E-state index in [1.807, 2.05) is 0 Å². The number of benzene rings is 1.